The molecule has 2 atom stereocenters. The molecule has 7 heteroatoms. The van der Waals surface area contributed by atoms with Crippen LogP contribution in [-0.4, -0.2) is 42.3 Å². The molecule has 2 aromatic carbocycles. The molecule has 174 valence electrons. The van der Waals surface area contributed by atoms with E-state index in [9.17, 15) is 14.4 Å². The summed E-state index contributed by atoms with van der Waals surface area (Å²) in [5.41, 5.74) is 4.68. The number of rotatable bonds is 9. The molecule has 0 bridgehead atoms. The van der Waals surface area contributed by atoms with Crippen LogP contribution in [0.3, 0.4) is 0 Å². The summed E-state index contributed by atoms with van der Waals surface area (Å²) in [6.45, 7) is 0.688. The highest BCUT2D eigenvalue weighted by atomic mass is 16.5. The lowest BCUT2D eigenvalue weighted by molar-refractivity contribution is -0.137. The summed E-state index contributed by atoms with van der Waals surface area (Å²) in [4.78, 5) is 35.7. The number of hydrogen-bond donors (Lipinski definition) is 3. The van der Waals surface area contributed by atoms with Gasteiger partial charge in [0, 0.05) is 24.9 Å². The molecule has 1 saturated carbocycles. The Kier molecular flexibility index (Phi) is 7.27. The molecular formula is C26H30N2O5. The third kappa shape index (κ3) is 5.35. The van der Waals surface area contributed by atoms with Crippen LogP contribution < -0.4 is 10.6 Å². The smallest absolute Gasteiger partial charge is 0.407 e. The maximum Gasteiger partial charge on any atom is 0.407 e. The van der Waals surface area contributed by atoms with Gasteiger partial charge < -0.3 is 20.5 Å². The second-order valence-corrected chi connectivity index (χ2v) is 8.76. The Bertz CT molecular complexity index is 976. The molecule has 3 N–H and O–H groups in total. The fourth-order valence-electron chi connectivity index (χ4n) is 4.98. The van der Waals surface area contributed by atoms with Crippen molar-refractivity contribution in [1.82, 2.24) is 10.6 Å². The second kappa shape index (κ2) is 10.5. The number of alkyl carbamates (subject to hydrolysis) is 1. The van der Waals surface area contributed by atoms with Crippen molar-refractivity contribution >= 4 is 18.0 Å². The molecule has 0 saturated heterocycles. The zero-order chi connectivity index (χ0) is 23.2. The number of hydrogen-bond acceptors (Lipinski definition) is 4. The van der Waals surface area contributed by atoms with E-state index in [4.69, 9.17) is 9.84 Å². The molecule has 0 unspecified atom stereocenters. The topological polar surface area (TPSA) is 105 Å². The minimum Gasteiger partial charge on any atom is -0.481 e. The molecular weight excluding hydrogens is 420 g/mol. The molecule has 1 fully saturated rings. The Morgan fingerprint density at radius 2 is 1.61 bits per heavy atom. The lowest BCUT2D eigenvalue weighted by Crippen LogP contribution is -2.44. The molecule has 33 heavy (non-hydrogen) atoms. The number of carboxylic acids is 1. The van der Waals surface area contributed by atoms with E-state index in [2.05, 4.69) is 34.9 Å². The molecule has 2 aliphatic rings. The van der Waals surface area contributed by atoms with Crippen molar-refractivity contribution in [2.45, 2.75) is 50.5 Å². The van der Waals surface area contributed by atoms with E-state index in [1.165, 1.54) is 11.1 Å². The number of carbonyl (C=O) groups excluding carboxylic acids is 2. The number of ether oxygens (including phenoxy) is 1. The fraction of sp³-hybridized carbons (Fsp3) is 0.423. The van der Waals surface area contributed by atoms with Crippen LogP contribution in [0, 0.1) is 5.92 Å². The van der Waals surface area contributed by atoms with Crippen molar-refractivity contribution in [3.05, 3.63) is 59.7 Å². The Labute approximate surface area is 193 Å². The molecule has 0 aromatic heterocycles. The Morgan fingerprint density at radius 1 is 0.939 bits per heavy atom. The van der Waals surface area contributed by atoms with E-state index in [1.807, 2.05) is 24.3 Å². The summed E-state index contributed by atoms with van der Waals surface area (Å²) in [5, 5.41) is 14.5. The minimum absolute atomic E-state index is 0.00312. The van der Waals surface area contributed by atoms with Gasteiger partial charge in [0.1, 0.15) is 6.61 Å². The van der Waals surface area contributed by atoms with Gasteiger partial charge in [-0.3, -0.25) is 9.59 Å². The molecule has 2 aliphatic carbocycles. The fourth-order valence-corrected chi connectivity index (χ4v) is 4.98. The summed E-state index contributed by atoms with van der Waals surface area (Å²) in [6.07, 6.45) is 3.08. The van der Waals surface area contributed by atoms with Gasteiger partial charge in [-0.05, 0) is 47.9 Å². The summed E-state index contributed by atoms with van der Waals surface area (Å²) in [7, 11) is 0. The minimum atomic E-state index is -0.829. The number of benzene rings is 2. The Hall–Kier alpha value is -3.35. The standard InChI is InChI=1S/C26H30N2O5/c29-24(30)14-5-6-15-27-25(31)21-12-7-13-23(21)28-26(32)33-16-22-19-10-3-1-8-17(19)18-9-2-4-11-20(18)22/h1-4,8-11,21-23H,5-7,12-16H2,(H,27,31)(H,28,32)(H,29,30)/t21-,23+/m1/s1. The molecule has 0 radical (unpaired) electrons. The summed E-state index contributed by atoms with van der Waals surface area (Å²) < 4.78 is 5.63. The maximum absolute atomic E-state index is 12.6. The summed E-state index contributed by atoms with van der Waals surface area (Å²) in [6, 6.07) is 16.1. The number of carbonyl (C=O) groups is 3. The average molecular weight is 451 g/mol. The van der Waals surface area contributed by atoms with Gasteiger partial charge in [-0.2, -0.15) is 0 Å². The average Bonchev–Trinajstić information content (AvgIpc) is 3.39. The van der Waals surface area contributed by atoms with Crippen LogP contribution in [0.25, 0.3) is 11.1 Å². The van der Waals surface area contributed by atoms with E-state index in [1.54, 1.807) is 0 Å². The van der Waals surface area contributed by atoms with E-state index in [0.717, 1.165) is 30.4 Å². The van der Waals surface area contributed by atoms with Gasteiger partial charge in [0.05, 0.1) is 5.92 Å². The monoisotopic (exact) mass is 450 g/mol. The molecule has 7 nitrogen and oxygen atoms in total. The summed E-state index contributed by atoms with van der Waals surface area (Å²) in [5.74, 6) is -1.21. The van der Waals surface area contributed by atoms with Crippen molar-refractivity contribution in [3.8, 4) is 11.1 Å². The van der Waals surface area contributed by atoms with Gasteiger partial charge in [0.15, 0.2) is 0 Å². The number of unbranched alkanes of at least 4 members (excludes halogenated alkanes) is 1. The highest BCUT2D eigenvalue weighted by Gasteiger charge is 2.35. The Balaban J connectivity index is 1.28. The number of fused-ring (bicyclic) bond motifs is 3. The normalized spacial score (nSPS) is 18.9. The predicted octanol–water partition coefficient (Wildman–Crippen LogP) is 4.06. The van der Waals surface area contributed by atoms with Crippen LogP contribution in [-0.2, 0) is 14.3 Å². The SMILES string of the molecule is O=C(O)CCCCNC(=O)[C@@H]1CCC[C@@H]1NC(=O)OCC1c2ccccc2-c2ccccc21. The van der Waals surface area contributed by atoms with Crippen LogP contribution in [0.15, 0.2) is 48.5 Å². The largest absolute Gasteiger partial charge is 0.481 e. The molecule has 0 aliphatic heterocycles. The van der Waals surface area contributed by atoms with Crippen molar-refractivity contribution in [2.75, 3.05) is 13.2 Å². The van der Waals surface area contributed by atoms with E-state index >= 15 is 0 Å². The highest BCUT2D eigenvalue weighted by Crippen LogP contribution is 2.44. The number of carboxylic acid groups (broad SMARTS) is 1. The van der Waals surface area contributed by atoms with Gasteiger partial charge in [-0.15, -0.1) is 0 Å². The van der Waals surface area contributed by atoms with E-state index < -0.39 is 12.1 Å². The zero-order valence-corrected chi connectivity index (χ0v) is 18.6. The molecule has 2 aromatic rings. The first kappa shape index (κ1) is 22.8. The van der Waals surface area contributed by atoms with Gasteiger partial charge in [-0.1, -0.05) is 55.0 Å². The summed E-state index contributed by atoms with van der Waals surface area (Å²) >= 11 is 0. The van der Waals surface area contributed by atoms with Crippen molar-refractivity contribution in [3.63, 3.8) is 0 Å². The number of aliphatic carboxylic acids is 1. The van der Waals surface area contributed by atoms with Crippen LogP contribution >= 0.6 is 0 Å². The van der Waals surface area contributed by atoms with Crippen molar-refractivity contribution in [2.24, 2.45) is 5.92 Å². The second-order valence-electron chi connectivity index (χ2n) is 8.76. The first-order chi connectivity index (χ1) is 16.0. The maximum atomic E-state index is 12.6. The Morgan fingerprint density at radius 3 is 2.27 bits per heavy atom. The molecule has 2 amide bonds. The van der Waals surface area contributed by atoms with Gasteiger partial charge in [0.25, 0.3) is 0 Å². The molecule has 4 rings (SSSR count). The number of nitrogens with one attached hydrogen (secondary N) is 2. The quantitative estimate of drug-likeness (QED) is 0.500. The van der Waals surface area contributed by atoms with E-state index in [-0.39, 0.29) is 36.8 Å². The van der Waals surface area contributed by atoms with Crippen LogP contribution in [0.5, 0.6) is 0 Å². The van der Waals surface area contributed by atoms with Gasteiger partial charge in [0.2, 0.25) is 5.91 Å². The van der Waals surface area contributed by atoms with E-state index in [0.29, 0.717) is 19.4 Å². The van der Waals surface area contributed by atoms with Crippen LogP contribution in [0.4, 0.5) is 4.79 Å². The molecule has 0 spiro atoms. The number of amides is 2. The van der Waals surface area contributed by atoms with Crippen molar-refractivity contribution < 1.29 is 24.2 Å². The van der Waals surface area contributed by atoms with Gasteiger partial charge in [-0.25, -0.2) is 4.79 Å². The van der Waals surface area contributed by atoms with Crippen LogP contribution in [0.1, 0.15) is 55.6 Å². The third-order valence-electron chi connectivity index (χ3n) is 6.62. The lowest BCUT2D eigenvalue weighted by atomic mass is 9.98. The first-order valence-electron chi connectivity index (χ1n) is 11.7. The third-order valence-corrected chi connectivity index (χ3v) is 6.62. The highest BCUT2D eigenvalue weighted by molar-refractivity contribution is 5.81. The van der Waals surface area contributed by atoms with Crippen molar-refractivity contribution in [1.29, 1.82) is 0 Å². The van der Waals surface area contributed by atoms with Crippen LogP contribution in [0.2, 0.25) is 0 Å². The first-order valence-corrected chi connectivity index (χ1v) is 11.7. The molecule has 0 heterocycles. The zero-order valence-electron chi connectivity index (χ0n) is 18.6. The lowest BCUT2D eigenvalue weighted by Gasteiger charge is -2.21. The predicted molar refractivity (Wildman–Crippen MR) is 124 cm³/mol. The van der Waals surface area contributed by atoms with Gasteiger partial charge >= 0.3 is 12.1 Å².